The van der Waals surface area contributed by atoms with Gasteiger partial charge < -0.3 is 14.8 Å². The molecule has 0 aliphatic carbocycles. The molecule has 0 spiro atoms. The van der Waals surface area contributed by atoms with Gasteiger partial charge in [-0.1, -0.05) is 23.7 Å². The number of hydrogen-bond acceptors (Lipinski definition) is 4. The Bertz CT molecular complexity index is 1070. The van der Waals surface area contributed by atoms with Crippen molar-refractivity contribution in [1.29, 1.82) is 0 Å². The molecule has 0 bridgehead atoms. The fourth-order valence-corrected chi connectivity index (χ4v) is 3.95. The summed E-state index contributed by atoms with van der Waals surface area (Å²) < 4.78 is 28.2. The van der Waals surface area contributed by atoms with Crippen LogP contribution in [0.1, 0.15) is 18.5 Å². The first-order chi connectivity index (χ1) is 14.9. The van der Waals surface area contributed by atoms with Crippen LogP contribution in [0.25, 0.3) is 22.5 Å². The van der Waals surface area contributed by atoms with E-state index >= 15 is 0 Å². The molecule has 3 aromatic rings. The number of amides is 1. The summed E-state index contributed by atoms with van der Waals surface area (Å²) in [5.41, 5.74) is 2.11. The summed E-state index contributed by atoms with van der Waals surface area (Å²) in [6.07, 6.45) is 1.10. The number of nitrogens with zero attached hydrogens (tertiary/aromatic N) is 4. The molecule has 6 nitrogen and oxygen atoms in total. The number of nitrogens with one attached hydrogen (secondary N) is 1. The Kier molecular flexibility index (Phi) is 6.29. The van der Waals surface area contributed by atoms with Crippen molar-refractivity contribution in [1.82, 2.24) is 24.8 Å². The van der Waals surface area contributed by atoms with Gasteiger partial charge in [0.1, 0.15) is 12.2 Å². The highest BCUT2D eigenvalue weighted by atomic mass is 35.5. The van der Waals surface area contributed by atoms with Gasteiger partial charge in [0.05, 0.1) is 17.7 Å². The van der Waals surface area contributed by atoms with Gasteiger partial charge in [-0.25, -0.2) is 13.8 Å². The highest BCUT2D eigenvalue weighted by Gasteiger charge is 2.23. The number of hydrogen-bond donors (Lipinski definition) is 1. The van der Waals surface area contributed by atoms with Crippen molar-refractivity contribution >= 4 is 17.5 Å². The summed E-state index contributed by atoms with van der Waals surface area (Å²) in [6.45, 7) is 1.78. The lowest BCUT2D eigenvalue weighted by Crippen LogP contribution is -2.38. The number of aromatic nitrogens is 3. The van der Waals surface area contributed by atoms with E-state index in [0.717, 1.165) is 25.1 Å². The predicted octanol–water partition coefficient (Wildman–Crippen LogP) is 4.02. The Hall–Kier alpha value is -2.84. The quantitative estimate of drug-likeness (QED) is 0.622. The number of likely N-dealkylation sites (N-methyl/N-ethyl adjacent to an activating group) is 1. The van der Waals surface area contributed by atoms with Crippen LogP contribution in [0.15, 0.2) is 48.9 Å². The largest absolute Gasteiger partial charge is 0.350 e. The lowest BCUT2D eigenvalue weighted by molar-refractivity contribution is -0.122. The number of likely N-dealkylation sites (tertiary alicyclic amines) is 1. The Balaban J connectivity index is 1.69. The van der Waals surface area contributed by atoms with Gasteiger partial charge in [-0.15, -0.1) is 0 Å². The minimum absolute atomic E-state index is 0.0302. The number of alkyl halides is 2. The Morgan fingerprint density at radius 3 is 2.68 bits per heavy atom. The highest BCUT2D eigenvalue weighted by Crippen LogP contribution is 2.33. The van der Waals surface area contributed by atoms with Gasteiger partial charge in [-0.2, -0.15) is 0 Å². The summed E-state index contributed by atoms with van der Waals surface area (Å²) in [6, 6.07) is 10.2. The molecule has 9 heteroatoms. The summed E-state index contributed by atoms with van der Waals surface area (Å²) in [5.74, 6) is -0.148. The Morgan fingerprint density at radius 1 is 1.23 bits per heavy atom. The van der Waals surface area contributed by atoms with Crippen molar-refractivity contribution in [2.75, 3.05) is 20.1 Å². The zero-order chi connectivity index (χ0) is 22.0. The number of halogens is 3. The van der Waals surface area contributed by atoms with Crippen LogP contribution in [0.4, 0.5) is 8.78 Å². The third-order valence-electron chi connectivity index (χ3n) is 5.30. The SMILES string of the molecule is CN1CC[C@@H](NC(=O)Cn2cnc(-c3ccc(Cl)cc3)c2-c2ccnc(C(F)F)c2)C1. The van der Waals surface area contributed by atoms with E-state index in [1.807, 2.05) is 19.2 Å². The van der Waals surface area contributed by atoms with E-state index in [0.29, 0.717) is 22.0 Å². The number of carbonyl (C=O) groups excluding carboxylic acids is 1. The molecule has 1 saturated heterocycles. The molecule has 0 radical (unpaired) electrons. The van der Waals surface area contributed by atoms with Crippen LogP contribution in [-0.4, -0.2) is 51.5 Å². The standard InChI is InChI=1S/C22H22ClF2N5O/c1-29-9-7-17(11-29)28-19(31)12-30-13-27-20(14-2-4-16(23)5-3-14)21(30)15-6-8-26-18(10-15)22(24)25/h2-6,8,10,13,17,22H,7,9,11-12H2,1H3,(H,28,31)/t17-/m1/s1. The molecule has 1 fully saturated rings. The number of carbonyl (C=O) groups is 1. The van der Waals surface area contributed by atoms with E-state index in [1.54, 1.807) is 29.1 Å². The van der Waals surface area contributed by atoms with E-state index in [1.165, 1.54) is 12.3 Å². The fourth-order valence-electron chi connectivity index (χ4n) is 3.82. The van der Waals surface area contributed by atoms with Crippen molar-refractivity contribution in [3.63, 3.8) is 0 Å². The lowest BCUT2D eigenvalue weighted by Gasteiger charge is -2.15. The Labute approximate surface area is 183 Å². The van der Waals surface area contributed by atoms with Crippen LogP contribution >= 0.6 is 11.6 Å². The Morgan fingerprint density at radius 2 is 2.00 bits per heavy atom. The van der Waals surface area contributed by atoms with E-state index in [4.69, 9.17) is 11.6 Å². The number of benzene rings is 1. The van der Waals surface area contributed by atoms with Crippen molar-refractivity contribution in [3.8, 4) is 22.5 Å². The molecular weight excluding hydrogens is 424 g/mol. The number of rotatable bonds is 6. The zero-order valence-corrected chi connectivity index (χ0v) is 17.7. The van der Waals surface area contributed by atoms with Gasteiger partial charge in [0.25, 0.3) is 6.43 Å². The second kappa shape index (κ2) is 9.11. The first kappa shape index (κ1) is 21.4. The van der Waals surface area contributed by atoms with Gasteiger partial charge in [-0.3, -0.25) is 9.78 Å². The third-order valence-corrected chi connectivity index (χ3v) is 5.56. The molecule has 3 heterocycles. The van der Waals surface area contributed by atoms with Crippen LogP contribution in [0.3, 0.4) is 0 Å². The van der Waals surface area contributed by atoms with Crippen molar-refractivity contribution in [2.45, 2.75) is 25.4 Å². The minimum atomic E-state index is -2.70. The molecule has 4 rings (SSSR count). The maximum Gasteiger partial charge on any atom is 0.280 e. The average molecular weight is 446 g/mol. The predicted molar refractivity (Wildman–Crippen MR) is 115 cm³/mol. The van der Waals surface area contributed by atoms with Crippen LogP contribution in [0.5, 0.6) is 0 Å². The zero-order valence-electron chi connectivity index (χ0n) is 16.9. The second-order valence-electron chi connectivity index (χ2n) is 7.66. The summed E-state index contributed by atoms with van der Waals surface area (Å²) in [5, 5.41) is 3.62. The molecule has 1 atom stereocenters. The van der Waals surface area contributed by atoms with Crippen molar-refractivity contribution in [2.24, 2.45) is 0 Å². The van der Waals surface area contributed by atoms with Crippen molar-refractivity contribution in [3.05, 3.63) is 59.6 Å². The highest BCUT2D eigenvalue weighted by molar-refractivity contribution is 6.30. The molecule has 1 aliphatic heterocycles. The topological polar surface area (TPSA) is 63.1 Å². The smallest absolute Gasteiger partial charge is 0.280 e. The normalized spacial score (nSPS) is 16.7. The van der Waals surface area contributed by atoms with E-state index in [-0.39, 0.29) is 24.2 Å². The first-order valence-electron chi connectivity index (χ1n) is 9.94. The van der Waals surface area contributed by atoms with Gasteiger partial charge in [0, 0.05) is 34.9 Å². The maximum absolute atomic E-state index is 13.3. The first-order valence-corrected chi connectivity index (χ1v) is 10.3. The lowest BCUT2D eigenvalue weighted by atomic mass is 10.0. The third kappa shape index (κ3) is 4.91. The van der Waals surface area contributed by atoms with Crippen LogP contribution in [-0.2, 0) is 11.3 Å². The van der Waals surface area contributed by atoms with E-state index in [2.05, 4.69) is 20.2 Å². The molecule has 1 N–H and O–H groups in total. The molecular formula is C22H22ClF2N5O. The van der Waals surface area contributed by atoms with Gasteiger partial charge in [0.2, 0.25) is 5.91 Å². The van der Waals surface area contributed by atoms with Gasteiger partial charge in [-0.05, 0) is 44.3 Å². The van der Waals surface area contributed by atoms with Crippen molar-refractivity contribution < 1.29 is 13.6 Å². The summed E-state index contributed by atoms with van der Waals surface area (Å²) >= 11 is 6.00. The molecule has 0 unspecified atom stereocenters. The number of imidazole rings is 1. The number of pyridine rings is 1. The van der Waals surface area contributed by atoms with Gasteiger partial charge >= 0.3 is 0 Å². The van der Waals surface area contributed by atoms with E-state index in [9.17, 15) is 13.6 Å². The molecule has 1 aromatic carbocycles. The molecule has 162 valence electrons. The summed E-state index contributed by atoms with van der Waals surface area (Å²) in [7, 11) is 2.02. The molecule has 31 heavy (non-hydrogen) atoms. The van der Waals surface area contributed by atoms with Gasteiger partial charge in [0.15, 0.2) is 0 Å². The van der Waals surface area contributed by atoms with Crippen LogP contribution in [0, 0.1) is 0 Å². The van der Waals surface area contributed by atoms with E-state index < -0.39 is 6.43 Å². The second-order valence-corrected chi connectivity index (χ2v) is 8.10. The molecule has 1 aliphatic rings. The summed E-state index contributed by atoms with van der Waals surface area (Å²) in [4.78, 5) is 23.1. The van der Waals surface area contributed by atoms with Crippen LogP contribution < -0.4 is 5.32 Å². The minimum Gasteiger partial charge on any atom is -0.350 e. The maximum atomic E-state index is 13.3. The van der Waals surface area contributed by atoms with Crippen LogP contribution in [0.2, 0.25) is 5.02 Å². The monoisotopic (exact) mass is 445 g/mol. The molecule has 0 saturated carbocycles. The molecule has 1 amide bonds. The molecule has 2 aromatic heterocycles. The average Bonchev–Trinajstić information content (AvgIpc) is 3.34. The fraction of sp³-hybridized carbons (Fsp3) is 0.318.